The average molecular weight is 287 g/mol. The van der Waals surface area contributed by atoms with Crippen LogP contribution in [-0.2, 0) is 16.4 Å². The first kappa shape index (κ1) is 15.7. The maximum absolute atomic E-state index is 12.0. The molecule has 0 atom stereocenters. The van der Waals surface area contributed by atoms with Crippen molar-refractivity contribution in [3.05, 3.63) is 17.0 Å². The van der Waals surface area contributed by atoms with E-state index in [1.54, 1.807) is 18.5 Å². The molecule has 0 saturated carbocycles. The highest BCUT2D eigenvalue weighted by molar-refractivity contribution is 7.91. The third kappa shape index (κ3) is 3.79. The van der Waals surface area contributed by atoms with Crippen LogP contribution in [0.1, 0.15) is 35.6 Å². The molecule has 1 heterocycles. The predicted molar refractivity (Wildman–Crippen MR) is 74.0 cm³/mol. The summed E-state index contributed by atoms with van der Waals surface area (Å²) < 4.78 is 24.4. The van der Waals surface area contributed by atoms with E-state index in [0.29, 0.717) is 17.8 Å². The van der Waals surface area contributed by atoms with E-state index in [4.69, 9.17) is 0 Å². The van der Waals surface area contributed by atoms with Gasteiger partial charge in [0.15, 0.2) is 9.84 Å². The zero-order valence-electron chi connectivity index (χ0n) is 11.9. The van der Waals surface area contributed by atoms with Crippen LogP contribution in [0, 0.1) is 13.8 Å². The Morgan fingerprint density at radius 2 is 1.95 bits per heavy atom. The monoisotopic (exact) mass is 287 g/mol. The SMILES string of the molecule is CCn1nc(C)c(C(=O)NCCS(=O)(=O)CC)c1C. The number of sulfone groups is 1. The second-order valence-corrected chi connectivity index (χ2v) is 6.83. The second kappa shape index (κ2) is 6.18. The fourth-order valence-corrected chi connectivity index (χ4v) is 2.59. The minimum absolute atomic E-state index is 0.0325. The van der Waals surface area contributed by atoms with Gasteiger partial charge in [0.05, 0.1) is 17.0 Å². The Hall–Kier alpha value is -1.37. The van der Waals surface area contributed by atoms with E-state index in [0.717, 1.165) is 5.69 Å². The molecular weight excluding hydrogens is 266 g/mol. The maximum Gasteiger partial charge on any atom is 0.255 e. The average Bonchev–Trinajstić information content (AvgIpc) is 2.64. The third-order valence-electron chi connectivity index (χ3n) is 3.05. The standard InChI is InChI=1S/C12H21N3O3S/c1-5-15-10(4)11(9(3)14-15)12(16)13-7-8-19(17,18)6-2/h5-8H2,1-4H3,(H,13,16). The topological polar surface area (TPSA) is 81.1 Å². The van der Waals surface area contributed by atoms with Gasteiger partial charge in [-0.15, -0.1) is 0 Å². The number of rotatable bonds is 6. The number of amides is 1. The number of nitrogens with one attached hydrogen (secondary N) is 1. The minimum atomic E-state index is -3.05. The van der Waals surface area contributed by atoms with Crippen molar-refractivity contribution in [1.29, 1.82) is 0 Å². The molecule has 1 rings (SSSR count). The lowest BCUT2D eigenvalue weighted by atomic mass is 10.2. The van der Waals surface area contributed by atoms with Crippen LogP contribution < -0.4 is 5.32 Å². The molecule has 7 heteroatoms. The Labute approximate surface area is 114 Å². The van der Waals surface area contributed by atoms with Gasteiger partial charge in [0.25, 0.3) is 5.91 Å². The Balaban J connectivity index is 2.72. The summed E-state index contributed by atoms with van der Waals surface area (Å²) in [4.78, 5) is 12.0. The first-order valence-corrected chi connectivity index (χ1v) is 8.17. The normalized spacial score (nSPS) is 11.6. The summed E-state index contributed by atoms with van der Waals surface area (Å²) in [5, 5.41) is 6.90. The lowest BCUT2D eigenvalue weighted by Gasteiger charge is -2.06. The Kier molecular flexibility index (Phi) is 5.11. The molecule has 0 saturated heterocycles. The molecule has 1 amide bonds. The summed E-state index contributed by atoms with van der Waals surface area (Å²) in [5.41, 5.74) is 2.00. The van der Waals surface area contributed by atoms with Gasteiger partial charge in [0.1, 0.15) is 0 Å². The van der Waals surface area contributed by atoms with Gasteiger partial charge in [-0.3, -0.25) is 9.48 Å². The highest BCUT2D eigenvalue weighted by Gasteiger charge is 2.18. The van der Waals surface area contributed by atoms with Crippen molar-refractivity contribution >= 4 is 15.7 Å². The van der Waals surface area contributed by atoms with Crippen LogP contribution in [0.5, 0.6) is 0 Å². The molecule has 1 N–H and O–H groups in total. The number of hydrogen-bond donors (Lipinski definition) is 1. The lowest BCUT2D eigenvalue weighted by molar-refractivity contribution is 0.0955. The van der Waals surface area contributed by atoms with Gasteiger partial charge in [-0.1, -0.05) is 6.92 Å². The number of aromatic nitrogens is 2. The van der Waals surface area contributed by atoms with E-state index < -0.39 is 9.84 Å². The number of aryl methyl sites for hydroxylation is 2. The van der Waals surface area contributed by atoms with Gasteiger partial charge in [-0.05, 0) is 20.8 Å². The van der Waals surface area contributed by atoms with Crippen LogP contribution in [0.4, 0.5) is 0 Å². The summed E-state index contributed by atoms with van der Waals surface area (Å²) in [6, 6.07) is 0. The van der Waals surface area contributed by atoms with Crippen LogP contribution in [0.3, 0.4) is 0 Å². The minimum Gasteiger partial charge on any atom is -0.351 e. The van der Waals surface area contributed by atoms with Gasteiger partial charge < -0.3 is 5.32 Å². The molecule has 0 bridgehead atoms. The highest BCUT2D eigenvalue weighted by Crippen LogP contribution is 2.12. The summed E-state index contributed by atoms with van der Waals surface area (Å²) in [6.07, 6.45) is 0. The fraction of sp³-hybridized carbons (Fsp3) is 0.667. The molecule has 1 aromatic heterocycles. The molecule has 0 aliphatic rings. The van der Waals surface area contributed by atoms with Crippen molar-refractivity contribution < 1.29 is 13.2 Å². The molecule has 0 radical (unpaired) electrons. The quantitative estimate of drug-likeness (QED) is 0.834. The smallest absolute Gasteiger partial charge is 0.255 e. The Morgan fingerprint density at radius 3 is 2.42 bits per heavy atom. The molecule has 0 aliphatic heterocycles. The molecule has 19 heavy (non-hydrogen) atoms. The molecular formula is C12H21N3O3S. The molecule has 0 fully saturated rings. The third-order valence-corrected chi connectivity index (χ3v) is 4.75. The van der Waals surface area contributed by atoms with Crippen molar-refractivity contribution in [2.75, 3.05) is 18.1 Å². The van der Waals surface area contributed by atoms with E-state index in [-0.39, 0.29) is 24.0 Å². The number of nitrogens with zero attached hydrogens (tertiary/aromatic N) is 2. The lowest BCUT2D eigenvalue weighted by Crippen LogP contribution is -2.30. The molecule has 0 unspecified atom stereocenters. The van der Waals surface area contributed by atoms with Crippen LogP contribution in [0.15, 0.2) is 0 Å². The van der Waals surface area contributed by atoms with E-state index >= 15 is 0 Å². The molecule has 108 valence electrons. The van der Waals surface area contributed by atoms with E-state index in [1.165, 1.54) is 0 Å². The summed E-state index contributed by atoms with van der Waals surface area (Å²) in [5.74, 6) is -0.203. The Bertz CT molecular complexity index is 561. The van der Waals surface area contributed by atoms with Crippen LogP contribution in [0.2, 0.25) is 0 Å². The van der Waals surface area contributed by atoms with Gasteiger partial charge >= 0.3 is 0 Å². The van der Waals surface area contributed by atoms with E-state index in [1.807, 2.05) is 13.8 Å². The van der Waals surface area contributed by atoms with Crippen LogP contribution in [0.25, 0.3) is 0 Å². The zero-order valence-corrected chi connectivity index (χ0v) is 12.7. The Morgan fingerprint density at radius 1 is 1.32 bits per heavy atom. The van der Waals surface area contributed by atoms with Crippen molar-refractivity contribution in [3.63, 3.8) is 0 Å². The van der Waals surface area contributed by atoms with E-state index in [2.05, 4.69) is 10.4 Å². The van der Waals surface area contributed by atoms with Crippen molar-refractivity contribution in [3.8, 4) is 0 Å². The summed E-state index contributed by atoms with van der Waals surface area (Å²) in [7, 11) is -3.05. The molecule has 0 aromatic carbocycles. The number of hydrogen-bond acceptors (Lipinski definition) is 4. The highest BCUT2D eigenvalue weighted by atomic mass is 32.2. The van der Waals surface area contributed by atoms with Gasteiger partial charge in [0, 0.05) is 24.5 Å². The summed E-state index contributed by atoms with van der Waals surface area (Å²) >= 11 is 0. The van der Waals surface area contributed by atoms with Gasteiger partial charge in [0.2, 0.25) is 0 Å². The number of carbonyl (C=O) groups is 1. The van der Waals surface area contributed by atoms with Crippen molar-refractivity contribution in [1.82, 2.24) is 15.1 Å². The van der Waals surface area contributed by atoms with Crippen molar-refractivity contribution in [2.45, 2.75) is 34.2 Å². The van der Waals surface area contributed by atoms with Gasteiger partial charge in [-0.25, -0.2) is 8.42 Å². The summed E-state index contributed by atoms with van der Waals surface area (Å²) in [6.45, 7) is 7.99. The van der Waals surface area contributed by atoms with Crippen LogP contribution >= 0.6 is 0 Å². The molecule has 0 aliphatic carbocycles. The fourth-order valence-electron chi connectivity index (χ4n) is 1.89. The molecule has 1 aromatic rings. The first-order valence-electron chi connectivity index (χ1n) is 6.35. The van der Waals surface area contributed by atoms with E-state index in [9.17, 15) is 13.2 Å². The van der Waals surface area contributed by atoms with Crippen molar-refractivity contribution in [2.24, 2.45) is 0 Å². The molecule has 0 spiro atoms. The second-order valence-electron chi connectivity index (χ2n) is 4.35. The maximum atomic E-state index is 12.0. The number of carbonyl (C=O) groups excluding carboxylic acids is 1. The zero-order chi connectivity index (χ0) is 14.6. The first-order chi connectivity index (χ1) is 8.82. The van der Waals surface area contributed by atoms with Gasteiger partial charge in [-0.2, -0.15) is 5.10 Å². The molecule has 6 nitrogen and oxygen atoms in total. The largest absolute Gasteiger partial charge is 0.351 e. The van der Waals surface area contributed by atoms with Crippen LogP contribution in [-0.4, -0.2) is 42.2 Å². The predicted octanol–water partition coefficient (Wildman–Crippen LogP) is 0.684.